The van der Waals surface area contributed by atoms with Crippen LogP contribution in [0.4, 0.5) is 9.59 Å². The third-order valence-corrected chi connectivity index (χ3v) is 5.29. The van der Waals surface area contributed by atoms with Gasteiger partial charge in [0.05, 0.1) is 25.4 Å². The quantitative estimate of drug-likeness (QED) is 0.337. The summed E-state index contributed by atoms with van der Waals surface area (Å²) in [4.78, 5) is 23.9. The summed E-state index contributed by atoms with van der Waals surface area (Å²) in [6.45, 7) is 14.3. The van der Waals surface area contributed by atoms with Crippen LogP contribution in [0, 0.1) is 0 Å². The Morgan fingerprint density at radius 2 is 1.14 bits per heavy atom. The van der Waals surface area contributed by atoms with E-state index in [0.29, 0.717) is 19.7 Å². The standard InChI is InChI=1S/C29H38N2O6/c1-6-24-8-12-26(13-9-24)16-30-28(32)36-19-22(4)34-18-21(3)35-20-23(5)37-29(33)31-17-27-14-10-25(7-2)11-15-27/h6-15,21-23H,1-2,16-20H2,3-5H3,(H,30,32)(H,31,33). The van der Waals surface area contributed by atoms with Crippen molar-refractivity contribution in [3.8, 4) is 0 Å². The predicted molar refractivity (Wildman–Crippen MR) is 145 cm³/mol. The first-order chi connectivity index (χ1) is 17.8. The molecule has 0 aromatic heterocycles. The second-order valence-electron chi connectivity index (χ2n) is 8.70. The summed E-state index contributed by atoms with van der Waals surface area (Å²) in [6, 6.07) is 15.4. The molecular formula is C29H38N2O6. The Balaban J connectivity index is 1.54. The third kappa shape index (κ3) is 12.3. The average Bonchev–Trinajstić information content (AvgIpc) is 2.92. The molecule has 0 aliphatic heterocycles. The van der Waals surface area contributed by atoms with Crippen LogP contribution >= 0.6 is 0 Å². The maximum Gasteiger partial charge on any atom is 0.407 e. The molecule has 8 heteroatoms. The molecule has 200 valence electrons. The maximum atomic E-state index is 12.0. The Hall–Kier alpha value is -3.62. The molecule has 0 bridgehead atoms. The fourth-order valence-corrected chi connectivity index (χ4v) is 3.09. The third-order valence-electron chi connectivity index (χ3n) is 5.29. The maximum absolute atomic E-state index is 12.0. The van der Waals surface area contributed by atoms with Crippen molar-refractivity contribution in [2.45, 2.75) is 52.2 Å². The number of hydrogen-bond donors (Lipinski definition) is 2. The van der Waals surface area contributed by atoms with Gasteiger partial charge in [-0.1, -0.05) is 73.8 Å². The lowest BCUT2D eigenvalue weighted by atomic mass is 10.1. The largest absolute Gasteiger partial charge is 0.447 e. The summed E-state index contributed by atoms with van der Waals surface area (Å²) < 4.78 is 21.9. The van der Waals surface area contributed by atoms with Crippen LogP contribution in [0.2, 0.25) is 0 Å². The highest BCUT2D eigenvalue weighted by atomic mass is 16.6. The molecule has 0 saturated carbocycles. The van der Waals surface area contributed by atoms with Crippen LogP contribution in [0.1, 0.15) is 43.0 Å². The van der Waals surface area contributed by atoms with Crippen molar-refractivity contribution in [2.75, 3.05) is 19.8 Å². The predicted octanol–water partition coefficient (Wildman–Crippen LogP) is 5.32. The zero-order valence-corrected chi connectivity index (χ0v) is 21.9. The van der Waals surface area contributed by atoms with E-state index in [1.165, 1.54) is 0 Å². The van der Waals surface area contributed by atoms with Gasteiger partial charge in [0.15, 0.2) is 0 Å². The van der Waals surface area contributed by atoms with Crippen molar-refractivity contribution < 1.29 is 28.5 Å². The summed E-state index contributed by atoms with van der Waals surface area (Å²) in [5.41, 5.74) is 3.97. The van der Waals surface area contributed by atoms with Gasteiger partial charge in [0.2, 0.25) is 0 Å². The van der Waals surface area contributed by atoms with E-state index in [0.717, 1.165) is 22.3 Å². The van der Waals surface area contributed by atoms with Crippen molar-refractivity contribution in [2.24, 2.45) is 0 Å². The Bertz CT molecular complexity index is 990. The molecule has 0 spiro atoms. The van der Waals surface area contributed by atoms with Gasteiger partial charge in [-0.2, -0.15) is 0 Å². The number of nitrogens with one attached hydrogen (secondary N) is 2. The molecule has 2 aromatic carbocycles. The molecule has 2 amide bonds. The SMILES string of the molecule is C=Cc1ccc(CNC(=O)OCC(C)OCC(C)OCC(C)OC(=O)NCc2ccc(C=C)cc2)cc1. The van der Waals surface area contributed by atoms with Crippen LogP contribution in [0.5, 0.6) is 0 Å². The second-order valence-corrected chi connectivity index (χ2v) is 8.70. The lowest BCUT2D eigenvalue weighted by molar-refractivity contribution is -0.0647. The van der Waals surface area contributed by atoms with E-state index in [-0.39, 0.29) is 25.4 Å². The average molecular weight is 511 g/mol. The minimum atomic E-state index is -0.509. The van der Waals surface area contributed by atoms with Crippen LogP contribution < -0.4 is 10.6 Å². The number of amides is 2. The van der Waals surface area contributed by atoms with E-state index < -0.39 is 18.3 Å². The Morgan fingerprint density at radius 3 is 1.62 bits per heavy atom. The highest BCUT2D eigenvalue weighted by Gasteiger charge is 2.14. The molecule has 2 aromatic rings. The molecule has 3 unspecified atom stereocenters. The van der Waals surface area contributed by atoms with Gasteiger partial charge in [-0.3, -0.25) is 0 Å². The van der Waals surface area contributed by atoms with Crippen molar-refractivity contribution in [1.29, 1.82) is 0 Å². The summed E-state index contributed by atoms with van der Waals surface area (Å²) in [6.07, 6.45) is 1.55. The first-order valence-corrected chi connectivity index (χ1v) is 12.3. The van der Waals surface area contributed by atoms with Crippen LogP contribution in [-0.4, -0.2) is 50.3 Å². The van der Waals surface area contributed by atoms with Crippen LogP contribution in [0.25, 0.3) is 12.2 Å². The highest BCUT2D eigenvalue weighted by molar-refractivity contribution is 5.67. The summed E-state index contributed by atoms with van der Waals surface area (Å²) in [5, 5.41) is 5.43. The lowest BCUT2D eigenvalue weighted by Gasteiger charge is -2.20. The van der Waals surface area contributed by atoms with E-state index in [9.17, 15) is 9.59 Å². The van der Waals surface area contributed by atoms with E-state index in [2.05, 4.69) is 23.8 Å². The molecule has 2 N–H and O–H groups in total. The van der Waals surface area contributed by atoms with Gasteiger partial charge < -0.3 is 29.6 Å². The fourth-order valence-electron chi connectivity index (χ4n) is 3.09. The number of benzene rings is 2. The molecule has 0 heterocycles. The number of carbonyl (C=O) groups excluding carboxylic acids is 2. The van der Waals surface area contributed by atoms with Gasteiger partial charge >= 0.3 is 12.2 Å². The minimum Gasteiger partial charge on any atom is -0.447 e. The Kier molecular flexibility index (Phi) is 13.0. The highest BCUT2D eigenvalue weighted by Crippen LogP contribution is 2.07. The number of ether oxygens (including phenoxy) is 4. The van der Waals surface area contributed by atoms with Gasteiger partial charge in [0.1, 0.15) is 12.7 Å². The van der Waals surface area contributed by atoms with Gasteiger partial charge in [0.25, 0.3) is 0 Å². The van der Waals surface area contributed by atoms with E-state index in [1.54, 1.807) is 19.1 Å². The van der Waals surface area contributed by atoms with Crippen LogP contribution in [0.3, 0.4) is 0 Å². The monoisotopic (exact) mass is 510 g/mol. The summed E-state index contributed by atoms with van der Waals surface area (Å²) >= 11 is 0. The normalized spacial score (nSPS) is 13.1. The molecule has 0 aliphatic carbocycles. The molecule has 0 fully saturated rings. The van der Waals surface area contributed by atoms with Gasteiger partial charge in [0, 0.05) is 13.1 Å². The van der Waals surface area contributed by atoms with Crippen LogP contribution in [0.15, 0.2) is 61.7 Å². The second kappa shape index (κ2) is 16.2. The molecule has 37 heavy (non-hydrogen) atoms. The number of rotatable bonds is 15. The first-order valence-electron chi connectivity index (χ1n) is 12.3. The minimum absolute atomic E-state index is 0.115. The van der Waals surface area contributed by atoms with E-state index >= 15 is 0 Å². The molecular weight excluding hydrogens is 472 g/mol. The van der Waals surface area contributed by atoms with Crippen molar-refractivity contribution >= 4 is 24.3 Å². The Labute approximate surface area is 219 Å². The smallest absolute Gasteiger partial charge is 0.407 e. The zero-order valence-electron chi connectivity index (χ0n) is 21.9. The van der Waals surface area contributed by atoms with Crippen molar-refractivity contribution in [3.63, 3.8) is 0 Å². The molecule has 3 atom stereocenters. The molecule has 0 saturated heterocycles. The topological polar surface area (TPSA) is 95.1 Å². The van der Waals surface area contributed by atoms with E-state index in [4.69, 9.17) is 18.9 Å². The van der Waals surface area contributed by atoms with Gasteiger partial charge in [-0.05, 0) is 43.0 Å². The van der Waals surface area contributed by atoms with Crippen LogP contribution in [-0.2, 0) is 32.0 Å². The summed E-state index contributed by atoms with van der Waals surface area (Å²) in [7, 11) is 0. The molecule has 0 aliphatic rings. The zero-order chi connectivity index (χ0) is 27.0. The van der Waals surface area contributed by atoms with Gasteiger partial charge in [-0.25, -0.2) is 9.59 Å². The van der Waals surface area contributed by atoms with E-state index in [1.807, 2.05) is 62.4 Å². The fraction of sp³-hybridized carbons (Fsp3) is 0.379. The number of carbonyl (C=O) groups is 2. The molecule has 2 rings (SSSR count). The lowest BCUT2D eigenvalue weighted by Crippen LogP contribution is -2.32. The molecule has 8 nitrogen and oxygen atoms in total. The van der Waals surface area contributed by atoms with Crippen molar-refractivity contribution in [3.05, 3.63) is 83.9 Å². The number of alkyl carbamates (subject to hydrolysis) is 2. The van der Waals surface area contributed by atoms with Gasteiger partial charge in [-0.15, -0.1) is 0 Å². The Morgan fingerprint density at radius 1 is 0.703 bits per heavy atom. The summed E-state index contributed by atoms with van der Waals surface area (Å²) in [5.74, 6) is 0. The number of hydrogen-bond acceptors (Lipinski definition) is 6. The first kappa shape index (κ1) is 29.6. The molecule has 0 radical (unpaired) electrons. The van der Waals surface area contributed by atoms with Crippen molar-refractivity contribution in [1.82, 2.24) is 10.6 Å².